The van der Waals surface area contributed by atoms with Crippen LogP contribution >= 0.6 is 0 Å². The van der Waals surface area contributed by atoms with Gasteiger partial charge in [-0.05, 0) is 34.9 Å². The van der Waals surface area contributed by atoms with Gasteiger partial charge in [-0.15, -0.1) is 0 Å². The van der Waals surface area contributed by atoms with Crippen molar-refractivity contribution in [2.75, 3.05) is 4.90 Å². The number of benzene rings is 1. The van der Waals surface area contributed by atoms with Crippen LogP contribution in [0, 0.1) is 0 Å². The molecule has 4 rings (SSSR count). The number of carbonyl (C=O) groups excluding carboxylic acids is 2. The minimum absolute atomic E-state index is 0.0776. The van der Waals surface area contributed by atoms with E-state index in [2.05, 4.69) is 10.2 Å². The van der Waals surface area contributed by atoms with Gasteiger partial charge in [0.25, 0.3) is 24.7 Å². The fraction of sp³-hybridized carbons (Fsp3) is 0.417. The fourth-order valence-electron chi connectivity index (χ4n) is 5.05. The van der Waals surface area contributed by atoms with Crippen LogP contribution in [0.4, 0.5) is 23.2 Å². The normalized spacial score (nSPS) is 16.7. The maximum atomic E-state index is 13.8. The smallest absolute Gasteiger partial charge is 0.275 e. The lowest BCUT2D eigenvalue weighted by Gasteiger charge is -2.25. The number of hydrogen-bond acceptors (Lipinski definition) is 4. The average Bonchev–Trinajstić information content (AvgIpc) is 3.42. The molecule has 1 unspecified atom stereocenters. The number of fused-ring (bicyclic) bond motifs is 1. The van der Waals surface area contributed by atoms with Crippen LogP contribution in [0.15, 0.2) is 30.6 Å². The van der Waals surface area contributed by atoms with Crippen LogP contribution in [0.5, 0.6) is 0 Å². The highest BCUT2D eigenvalue weighted by molar-refractivity contribution is 6.26. The Labute approximate surface area is 199 Å². The predicted octanol–water partition coefficient (Wildman–Crippen LogP) is 5.30. The van der Waals surface area contributed by atoms with Gasteiger partial charge in [-0.1, -0.05) is 32.9 Å². The average molecular weight is 491 g/mol. The van der Waals surface area contributed by atoms with E-state index in [1.165, 1.54) is 20.2 Å². The Morgan fingerprint density at radius 1 is 0.971 bits per heavy atom. The number of imide groups is 1. The van der Waals surface area contributed by atoms with Crippen LogP contribution < -0.4 is 4.90 Å². The maximum Gasteiger partial charge on any atom is 0.282 e. The molecule has 2 heterocycles. The van der Waals surface area contributed by atoms with Crippen molar-refractivity contribution in [2.24, 2.45) is 14.1 Å². The first-order valence-electron chi connectivity index (χ1n) is 11.0. The molecule has 7 nitrogen and oxygen atoms in total. The number of hydrogen-bond donors (Lipinski definition) is 0. The second kappa shape index (κ2) is 8.62. The maximum absolute atomic E-state index is 13.8. The van der Waals surface area contributed by atoms with Gasteiger partial charge in [0.05, 0.1) is 16.8 Å². The molecular weight excluding hydrogens is 466 g/mol. The van der Waals surface area contributed by atoms with E-state index in [0.29, 0.717) is 10.5 Å². The van der Waals surface area contributed by atoms with Gasteiger partial charge in [-0.25, -0.2) is 22.5 Å². The van der Waals surface area contributed by atoms with E-state index in [0.717, 1.165) is 33.7 Å². The number of halogens is 4. The topological polar surface area (TPSA) is 73.0 Å². The van der Waals surface area contributed by atoms with Gasteiger partial charge < -0.3 is 0 Å². The molecule has 2 aromatic heterocycles. The summed E-state index contributed by atoms with van der Waals surface area (Å²) in [5.41, 5.74) is -1.07. The first kappa shape index (κ1) is 24.6. The highest BCUT2D eigenvalue weighted by atomic mass is 19.3. The van der Waals surface area contributed by atoms with Crippen molar-refractivity contribution >= 4 is 17.5 Å². The molecule has 0 aliphatic heterocycles. The van der Waals surface area contributed by atoms with Gasteiger partial charge in [0.15, 0.2) is 0 Å². The molecule has 0 spiro atoms. The molecule has 0 saturated heterocycles. The second-order valence-corrected chi connectivity index (χ2v) is 9.48. The van der Waals surface area contributed by atoms with Crippen LogP contribution in [0.3, 0.4) is 0 Å². The number of alkyl halides is 4. The van der Waals surface area contributed by atoms with E-state index < -0.39 is 47.2 Å². The lowest BCUT2D eigenvalue weighted by atomic mass is 9.86. The molecule has 11 heteroatoms. The summed E-state index contributed by atoms with van der Waals surface area (Å²) in [4.78, 5) is 28.2. The third-order valence-electron chi connectivity index (χ3n) is 6.36. The van der Waals surface area contributed by atoms with Crippen molar-refractivity contribution < 1.29 is 27.2 Å². The molecule has 2 amide bonds. The molecule has 1 aliphatic rings. The number of aryl methyl sites for hydroxylation is 2. The zero-order valence-corrected chi connectivity index (χ0v) is 19.9. The summed E-state index contributed by atoms with van der Waals surface area (Å²) in [5, 5.41) is 7.34. The Morgan fingerprint density at radius 2 is 1.46 bits per heavy atom. The van der Waals surface area contributed by atoms with Gasteiger partial charge in [-0.3, -0.25) is 19.0 Å². The van der Waals surface area contributed by atoms with Gasteiger partial charge >= 0.3 is 0 Å². The number of amides is 2. The highest BCUT2D eigenvalue weighted by Crippen LogP contribution is 2.49. The molecule has 1 aromatic carbocycles. The first-order valence-corrected chi connectivity index (χ1v) is 11.0. The summed E-state index contributed by atoms with van der Waals surface area (Å²) in [6, 6.07) is 5.08. The highest BCUT2D eigenvalue weighted by Gasteiger charge is 2.41. The third kappa shape index (κ3) is 4.12. The van der Waals surface area contributed by atoms with E-state index in [1.807, 2.05) is 26.8 Å². The quantitative estimate of drug-likeness (QED) is 0.359. The minimum Gasteiger partial charge on any atom is -0.275 e. The standard InChI is InChI=1S/C24H25F4N5O2/c1-12-9-24(2,3)15-7-6-8-16(17(12)15)33(22(34)13-10-31(4)29-18(13)20(25)26)23(35)14-11-32(5)30-19(14)21(27)28/h6-8,10-12,20-21H,9H2,1-5H3. The molecule has 0 bridgehead atoms. The lowest BCUT2D eigenvalue weighted by Crippen LogP contribution is -2.38. The predicted molar refractivity (Wildman–Crippen MR) is 120 cm³/mol. The summed E-state index contributed by atoms with van der Waals surface area (Å²) in [5.74, 6) is -2.23. The number of aromatic nitrogens is 4. The zero-order chi connectivity index (χ0) is 25.8. The Hall–Kier alpha value is -3.50. The lowest BCUT2D eigenvalue weighted by molar-refractivity contribution is 0.0881. The largest absolute Gasteiger partial charge is 0.282 e. The van der Waals surface area contributed by atoms with Crippen molar-refractivity contribution in [3.8, 4) is 0 Å². The number of rotatable bonds is 5. The van der Waals surface area contributed by atoms with Crippen molar-refractivity contribution in [2.45, 2.75) is 51.4 Å². The van der Waals surface area contributed by atoms with Crippen LogP contribution in [0.2, 0.25) is 0 Å². The van der Waals surface area contributed by atoms with Crippen LogP contribution in [0.1, 0.15) is 89.2 Å². The summed E-state index contributed by atoms with van der Waals surface area (Å²) in [7, 11) is 2.74. The molecule has 0 fully saturated rings. The van der Waals surface area contributed by atoms with Gasteiger partial charge in [0.2, 0.25) is 0 Å². The van der Waals surface area contributed by atoms with Crippen molar-refractivity contribution in [3.05, 3.63) is 64.2 Å². The van der Waals surface area contributed by atoms with Crippen LogP contribution in [0.25, 0.3) is 0 Å². The zero-order valence-electron chi connectivity index (χ0n) is 19.9. The van der Waals surface area contributed by atoms with Crippen LogP contribution in [-0.2, 0) is 19.5 Å². The van der Waals surface area contributed by atoms with Gasteiger partial charge in [0.1, 0.15) is 11.4 Å². The number of nitrogens with zero attached hydrogens (tertiary/aromatic N) is 5. The molecule has 1 atom stereocenters. The number of carbonyl (C=O) groups is 2. The molecule has 0 N–H and O–H groups in total. The van der Waals surface area contributed by atoms with Crippen LogP contribution in [-0.4, -0.2) is 31.4 Å². The van der Waals surface area contributed by atoms with Gasteiger partial charge in [-0.2, -0.15) is 10.2 Å². The summed E-state index contributed by atoms with van der Waals surface area (Å²) in [6.07, 6.45) is -3.25. The molecule has 3 aromatic rings. The molecule has 35 heavy (non-hydrogen) atoms. The summed E-state index contributed by atoms with van der Waals surface area (Å²) in [6.45, 7) is 5.99. The van der Waals surface area contributed by atoms with Crippen molar-refractivity contribution in [1.82, 2.24) is 19.6 Å². The number of anilines is 1. The van der Waals surface area contributed by atoms with E-state index in [1.54, 1.807) is 6.07 Å². The van der Waals surface area contributed by atoms with Gasteiger partial charge in [0, 0.05) is 26.5 Å². The first-order chi connectivity index (χ1) is 16.3. The Bertz CT molecular complexity index is 1250. The monoisotopic (exact) mass is 491 g/mol. The minimum atomic E-state index is -3.08. The Kier molecular flexibility index (Phi) is 6.06. The van der Waals surface area contributed by atoms with E-state index >= 15 is 0 Å². The third-order valence-corrected chi connectivity index (χ3v) is 6.36. The molecular formula is C24H25F4N5O2. The molecule has 186 valence electrons. The van der Waals surface area contributed by atoms with E-state index in [-0.39, 0.29) is 17.0 Å². The molecule has 0 radical (unpaired) electrons. The van der Waals surface area contributed by atoms with E-state index in [9.17, 15) is 27.2 Å². The van der Waals surface area contributed by atoms with Crippen molar-refractivity contribution in [1.29, 1.82) is 0 Å². The summed E-state index contributed by atoms with van der Waals surface area (Å²) >= 11 is 0. The Balaban J connectivity index is 1.97. The van der Waals surface area contributed by atoms with Crippen molar-refractivity contribution in [3.63, 3.8) is 0 Å². The molecule has 1 aliphatic carbocycles. The SMILES string of the molecule is CC1CC(C)(C)c2cccc(N(C(=O)c3cn(C)nc3C(F)F)C(=O)c3cn(C)nc3C(F)F)c21. The Morgan fingerprint density at radius 3 is 1.91 bits per heavy atom. The summed E-state index contributed by atoms with van der Waals surface area (Å²) < 4.78 is 56.9. The van der Waals surface area contributed by atoms with E-state index in [4.69, 9.17) is 0 Å². The molecule has 0 saturated carbocycles. The fourth-order valence-corrected chi connectivity index (χ4v) is 5.05. The second-order valence-electron chi connectivity index (χ2n) is 9.48.